The van der Waals surface area contributed by atoms with Crippen LogP contribution in [0.2, 0.25) is 6.82 Å². The van der Waals surface area contributed by atoms with E-state index in [0.29, 0.717) is 29.5 Å². The molecule has 112 valence electrons. The van der Waals surface area contributed by atoms with Crippen molar-refractivity contribution in [1.82, 2.24) is 4.98 Å². The molecule has 2 heterocycles. The molecule has 0 bridgehead atoms. The molecule has 6 heteroatoms. The van der Waals surface area contributed by atoms with Crippen molar-refractivity contribution in [2.45, 2.75) is 20.4 Å². The van der Waals surface area contributed by atoms with Crippen LogP contribution in [-0.4, -0.2) is 29.4 Å². The lowest BCUT2D eigenvalue weighted by Crippen LogP contribution is -2.23. The van der Waals surface area contributed by atoms with E-state index >= 15 is 0 Å². The van der Waals surface area contributed by atoms with Gasteiger partial charge in [0.15, 0.2) is 5.78 Å². The Hall–Kier alpha value is -2.18. The number of fused-ring (bicyclic) bond motifs is 1. The molecule has 5 nitrogen and oxygen atoms in total. The number of aliphatic hydroxyl groups excluding tert-OH is 1. The van der Waals surface area contributed by atoms with Gasteiger partial charge in [-0.15, -0.1) is 0 Å². The molecule has 0 radical (unpaired) electrons. The number of hydrogen-bond acceptors (Lipinski definition) is 5. The number of ketones is 1. The normalized spacial score (nSPS) is 13.1. The van der Waals surface area contributed by atoms with E-state index in [1.54, 1.807) is 19.1 Å². The topological polar surface area (TPSA) is 68.7 Å². The van der Waals surface area contributed by atoms with Crippen LogP contribution in [0, 0.1) is 6.92 Å². The summed E-state index contributed by atoms with van der Waals surface area (Å²) in [4.78, 5) is 15.8. The Morgan fingerprint density at radius 1 is 1.41 bits per heavy atom. The number of nitrogens with zero attached hydrogens (tertiary/aromatic N) is 1. The van der Waals surface area contributed by atoms with Crippen molar-refractivity contribution in [3.05, 3.63) is 47.2 Å². The van der Waals surface area contributed by atoms with Gasteiger partial charge in [0, 0.05) is 11.6 Å². The van der Waals surface area contributed by atoms with Gasteiger partial charge in [-0.25, -0.2) is 4.98 Å². The highest BCUT2D eigenvalue weighted by Gasteiger charge is 2.23. The third kappa shape index (κ3) is 2.75. The van der Waals surface area contributed by atoms with Crippen molar-refractivity contribution in [3.8, 4) is 11.6 Å². The molecule has 1 aliphatic heterocycles. The number of rotatable bonds is 4. The van der Waals surface area contributed by atoms with Gasteiger partial charge in [-0.3, -0.25) is 4.79 Å². The molecule has 0 fully saturated rings. The van der Waals surface area contributed by atoms with E-state index in [2.05, 4.69) is 4.98 Å². The number of benzene rings is 1. The summed E-state index contributed by atoms with van der Waals surface area (Å²) in [5.74, 6) is 0.753. The zero-order valence-corrected chi connectivity index (χ0v) is 12.5. The van der Waals surface area contributed by atoms with Gasteiger partial charge >= 0.3 is 6.92 Å². The Kier molecular flexibility index (Phi) is 3.96. The number of carbonyl (C=O) groups excluding carboxylic acids is 1. The summed E-state index contributed by atoms with van der Waals surface area (Å²) in [7, 11) is 0. The maximum Gasteiger partial charge on any atom is 0.324 e. The Morgan fingerprint density at radius 3 is 2.95 bits per heavy atom. The maximum absolute atomic E-state index is 11.5. The predicted octanol–water partition coefficient (Wildman–Crippen LogP) is 1.72. The van der Waals surface area contributed by atoms with Gasteiger partial charge in [0.1, 0.15) is 12.4 Å². The van der Waals surface area contributed by atoms with E-state index in [1.165, 1.54) is 5.46 Å². The molecule has 3 rings (SSSR count). The molecule has 0 atom stereocenters. The smallest absolute Gasteiger partial charge is 0.324 e. The lowest BCUT2D eigenvalue weighted by atomic mass is 9.64. The molecule has 1 aliphatic rings. The molecule has 0 spiro atoms. The van der Waals surface area contributed by atoms with Crippen molar-refractivity contribution < 1.29 is 19.3 Å². The first kappa shape index (κ1) is 14.7. The number of Topliss-reactive ketones (excluding diaryl/α,β-unsaturated/α-hetero) is 1. The Balaban J connectivity index is 1.82. The maximum atomic E-state index is 11.5. The van der Waals surface area contributed by atoms with Gasteiger partial charge in [0.25, 0.3) is 0 Å². The zero-order valence-electron chi connectivity index (χ0n) is 12.5. The Morgan fingerprint density at radius 2 is 2.23 bits per heavy atom. The number of pyridine rings is 1. The molecule has 2 aromatic rings. The minimum absolute atomic E-state index is 0.119. The molecule has 1 N–H and O–H groups in total. The summed E-state index contributed by atoms with van der Waals surface area (Å²) in [6.45, 7) is 3.92. The number of carbonyl (C=O) groups is 1. The van der Waals surface area contributed by atoms with Crippen LogP contribution in [0.25, 0.3) is 0 Å². The van der Waals surface area contributed by atoms with E-state index in [4.69, 9.17) is 14.5 Å². The average Bonchev–Trinajstić information content (AvgIpc) is 2.87. The first-order valence-electron chi connectivity index (χ1n) is 7.12. The molecule has 0 saturated heterocycles. The fraction of sp³-hybridized carbons (Fsp3) is 0.250. The SMILES string of the molecule is CB1OCc2cc(Oc3ccc(C(=O)CO)c(C)n3)ccc21. The van der Waals surface area contributed by atoms with Crippen LogP contribution in [0.1, 0.15) is 21.6 Å². The fourth-order valence-electron chi connectivity index (χ4n) is 2.57. The van der Waals surface area contributed by atoms with Gasteiger partial charge in [0.2, 0.25) is 5.88 Å². The summed E-state index contributed by atoms with van der Waals surface area (Å²) in [5, 5.41) is 8.91. The third-order valence-corrected chi connectivity index (χ3v) is 3.77. The van der Waals surface area contributed by atoms with Gasteiger partial charge in [-0.1, -0.05) is 12.9 Å². The molecule has 22 heavy (non-hydrogen) atoms. The zero-order chi connectivity index (χ0) is 15.7. The van der Waals surface area contributed by atoms with Gasteiger partial charge < -0.3 is 14.5 Å². The standard InChI is InChI=1S/C16H16BNO4/c1-10-13(15(20)8-19)4-6-16(18-10)22-12-3-5-14-11(7-12)9-21-17(14)2/h3-7,19H,8-9H2,1-2H3. The minimum atomic E-state index is -0.522. The van der Waals surface area contributed by atoms with Crippen LogP contribution >= 0.6 is 0 Å². The van der Waals surface area contributed by atoms with Crippen LogP contribution in [0.4, 0.5) is 0 Å². The van der Waals surface area contributed by atoms with Crippen molar-refractivity contribution >= 4 is 18.2 Å². The third-order valence-electron chi connectivity index (χ3n) is 3.77. The lowest BCUT2D eigenvalue weighted by Gasteiger charge is -2.09. The van der Waals surface area contributed by atoms with Gasteiger partial charge in [-0.2, -0.15) is 0 Å². The van der Waals surface area contributed by atoms with Gasteiger partial charge in [-0.05, 0) is 36.1 Å². The number of aliphatic hydroxyl groups is 1. The van der Waals surface area contributed by atoms with E-state index in [-0.39, 0.29) is 12.7 Å². The highest BCUT2D eigenvalue weighted by molar-refractivity contribution is 6.67. The minimum Gasteiger partial charge on any atom is -0.439 e. The Bertz CT molecular complexity index is 732. The lowest BCUT2D eigenvalue weighted by molar-refractivity contribution is 0.0902. The monoisotopic (exact) mass is 297 g/mol. The van der Waals surface area contributed by atoms with Crippen LogP contribution in [0.5, 0.6) is 11.6 Å². The summed E-state index contributed by atoms with van der Waals surface area (Å²) < 4.78 is 11.3. The fourth-order valence-corrected chi connectivity index (χ4v) is 2.57. The largest absolute Gasteiger partial charge is 0.439 e. The molecule has 0 aliphatic carbocycles. The summed E-state index contributed by atoms with van der Waals surface area (Å²) in [5.41, 5.74) is 3.25. The van der Waals surface area contributed by atoms with Crippen LogP contribution in [0.15, 0.2) is 30.3 Å². The molecule has 1 aromatic heterocycles. The summed E-state index contributed by atoms with van der Waals surface area (Å²) in [6.07, 6.45) is 0. The molecule has 1 aromatic carbocycles. The van der Waals surface area contributed by atoms with Crippen LogP contribution in [-0.2, 0) is 11.3 Å². The van der Waals surface area contributed by atoms with E-state index in [0.717, 1.165) is 5.56 Å². The van der Waals surface area contributed by atoms with Crippen LogP contribution < -0.4 is 10.2 Å². The first-order chi connectivity index (χ1) is 10.6. The Labute approximate surface area is 129 Å². The molecule has 0 saturated carbocycles. The highest BCUT2D eigenvalue weighted by atomic mass is 16.5. The van der Waals surface area contributed by atoms with E-state index < -0.39 is 6.61 Å². The molecule has 0 unspecified atom stereocenters. The second-order valence-corrected chi connectivity index (χ2v) is 5.28. The van der Waals surface area contributed by atoms with E-state index in [9.17, 15) is 4.79 Å². The first-order valence-corrected chi connectivity index (χ1v) is 7.12. The predicted molar refractivity (Wildman–Crippen MR) is 82.9 cm³/mol. The van der Waals surface area contributed by atoms with Crippen molar-refractivity contribution in [2.24, 2.45) is 0 Å². The van der Waals surface area contributed by atoms with Crippen molar-refractivity contribution in [1.29, 1.82) is 0 Å². The quantitative estimate of drug-likeness (QED) is 0.687. The summed E-state index contributed by atoms with van der Waals surface area (Å²) >= 11 is 0. The second-order valence-electron chi connectivity index (χ2n) is 5.28. The summed E-state index contributed by atoms with van der Waals surface area (Å²) in [6, 6.07) is 9.08. The second kappa shape index (κ2) is 5.91. The average molecular weight is 297 g/mol. The van der Waals surface area contributed by atoms with Crippen molar-refractivity contribution in [2.75, 3.05) is 6.61 Å². The molecule has 0 amide bonds. The number of aromatic nitrogens is 1. The number of ether oxygens (including phenoxy) is 1. The highest BCUT2D eigenvalue weighted by Crippen LogP contribution is 2.23. The van der Waals surface area contributed by atoms with Crippen molar-refractivity contribution in [3.63, 3.8) is 0 Å². The van der Waals surface area contributed by atoms with E-state index in [1.807, 2.05) is 25.0 Å². The van der Waals surface area contributed by atoms with Gasteiger partial charge in [0.05, 0.1) is 12.3 Å². The number of aryl methyl sites for hydroxylation is 1. The number of hydrogen-bond donors (Lipinski definition) is 1. The van der Waals surface area contributed by atoms with Crippen LogP contribution in [0.3, 0.4) is 0 Å². The molecular weight excluding hydrogens is 281 g/mol. The molecular formula is C16H16BNO4.